The first-order valence-electron chi connectivity index (χ1n) is 5.94. The number of allylic oxidation sites excluding steroid dienone is 1. The summed E-state index contributed by atoms with van der Waals surface area (Å²) >= 11 is 0. The lowest BCUT2D eigenvalue weighted by Crippen LogP contribution is -2.22. The summed E-state index contributed by atoms with van der Waals surface area (Å²) in [6.45, 7) is 6.37. The predicted molar refractivity (Wildman–Crippen MR) is 71.7 cm³/mol. The van der Waals surface area contributed by atoms with Crippen LogP contribution in [0.5, 0.6) is 0 Å². The summed E-state index contributed by atoms with van der Waals surface area (Å²) in [6, 6.07) is 4.80. The smallest absolute Gasteiger partial charge is 0.130 e. The summed E-state index contributed by atoms with van der Waals surface area (Å²) in [5, 5.41) is 0. The number of unbranched alkanes of at least 4 members (excludes halogenated alkanes) is 1. The van der Waals surface area contributed by atoms with E-state index in [1.807, 2.05) is 24.1 Å². The molecule has 0 bridgehead atoms. The molecule has 0 fully saturated rings. The molecule has 1 unspecified atom stereocenters. The molecule has 2 nitrogen and oxygen atoms in total. The summed E-state index contributed by atoms with van der Waals surface area (Å²) in [5.41, 5.74) is 7.30. The molecule has 0 spiro atoms. The zero-order valence-corrected chi connectivity index (χ0v) is 10.6. The van der Waals surface area contributed by atoms with Crippen LogP contribution < -0.4 is 10.6 Å². The van der Waals surface area contributed by atoms with Gasteiger partial charge in [-0.3, -0.25) is 0 Å². The van der Waals surface area contributed by atoms with Gasteiger partial charge >= 0.3 is 0 Å². The minimum atomic E-state index is -0.298. The Morgan fingerprint density at radius 2 is 2.24 bits per heavy atom. The Kier molecular flexibility index (Phi) is 5.16. The van der Waals surface area contributed by atoms with E-state index < -0.39 is 0 Å². The van der Waals surface area contributed by atoms with E-state index in [4.69, 9.17) is 5.73 Å². The number of rotatable bonds is 6. The maximum absolute atomic E-state index is 13.7. The first-order valence-corrected chi connectivity index (χ1v) is 5.94. The van der Waals surface area contributed by atoms with Crippen LogP contribution in [0, 0.1) is 5.82 Å². The van der Waals surface area contributed by atoms with E-state index in [9.17, 15) is 4.39 Å². The highest BCUT2D eigenvalue weighted by atomic mass is 19.1. The summed E-state index contributed by atoms with van der Waals surface area (Å²) in [5.74, 6) is -0.229. The average Bonchev–Trinajstić information content (AvgIpc) is 2.28. The first kappa shape index (κ1) is 13.7. The van der Waals surface area contributed by atoms with Crippen molar-refractivity contribution in [3.05, 3.63) is 42.2 Å². The summed E-state index contributed by atoms with van der Waals surface area (Å²) in [7, 11) is 1.96. The second-order valence-corrected chi connectivity index (χ2v) is 4.31. The highest BCUT2D eigenvalue weighted by Gasteiger charge is 2.14. The Balaban J connectivity index is 2.88. The van der Waals surface area contributed by atoms with Crippen LogP contribution in [0.2, 0.25) is 0 Å². The molecule has 1 atom stereocenters. The Morgan fingerprint density at radius 3 is 2.82 bits per heavy atom. The molecule has 94 valence electrons. The topological polar surface area (TPSA) is 29.3 Å². The van der Waals surface area contributed by atoms with Gasteiger partial charge in [-0.2, -0.15) is 0 Å². The Labute approximate surface area is 103 Å². The van der Waals surface area contributed by atoms with Gasteiger partial charge in [-0.15, -0.1) is 6.58 Å². The van der Waals surface area contributed by atoms with Crippen molar-refractivity contribution in [1.82, 2.24) is 0 Å². The fourth-order valence-corrected chi connectivity index (χ4v) is 1.90. The van der Waals surface area contributed by atoms with Crippen LogP contribution in [-0.2, 0) is 0 Å². The van der Waals surface area contributed by atoms with Crippen LogP contribution in [0.3, 0.4) is 0 Å². The molecular formula is C14H21FN2. The first-order chi connectivity index (χ1) is 8.07. The summed E-state index contributed by atoms with van der Waals surface area (Å²) in [6.07, 6.45) is 3.87. The van der Waals surface area contributed by atoms with Crippen molar-refractivity contribution in [3.63, 3.8) is 0 Å². The normalized spacial score (nSPS) is 12.2. The molecule has 1 rings (SSSR count). The van der Waals surface area contributed by atoms with Crippen molar-refractivity contribution in [2.45, 2.75) is 25.8 Å². The fourth-order valence-electron chi connectivity index (χ4n) is 1.90. The van der Waals surface area contributed by atoms with Gasteiger partial charge < -0.3 is 10.6 Å². The maximum Gasteiger partial charge on any atom is 0.130 e. The summed E-state index contributed by atoms with van der Waals surface area (Å²) < 4.78 is 13.7. The lowest BCUT2D eigenvalue weighted by Gasteiger charge is -2.24. The number of benzene rings is 1. The molecule has 0 aliphatic carbocycles. The third kappa shape index (κ3) is 3.56. The van der Waals surface area contributed by atoms with Crippen molar-refractivity contribution < 1.29 is 4.39 Å². The van der Waals surface area contributed by atoms with E-state index in [1.165, 1.54) is 6.07 Å². The molecule has 0 heterocycles. The Hall–Kier alpha value is -1.35. The lowest BCUT2D eigenvalue weighted by molar-refractivity contribution is 0.592. The van der Waals surface area contributed by atoms with E-state index in [1.54, 1.807) is 13.0 Å². The zero-order valence-electron chi connectivity index (χ0n) is 10.6. The molecule has 0 aromatic heterocycles. The van der Waals surface area contributed by atoms with E-state index in [0.29, 0.717) is 5.56 Å². The van der Waals surface area contributed by atoms with Gasteiger partial charge in [-0.25, -0.2) is 4.39 Å². The quantitative estimate of drug-likeness (QED) is 0.607. The van der Waals surface area contributed by atoms with Gasteiger partial charge in [0.2, 0.25) is 0 Å². The molecule has 0 saturated carbocycles. The molecular weight excluding hydrogens is 215 g/mol. The van der Waals surface area contributed by atoms with Gasteiger partial charge in [0.25, 0.3) is 0 Å². The fraction of sp³-hybridized carbons (Fsp3) is 0.429. The largest absolute Gasteiger partial charge is 0.374 e. The van der Waals surface area contributed by atoms with E-state index >= 15 is 0 Å². The van der Waals surface area contributed by atoms with Crippen LogP contribution in [0.25, 0.3) is 0 Å². The number of hydrogen-bond acceptors (Lipinski definition) is 2. The number of nitrogens with two attached hydrogens (primary N) is 1. The second-order valence-electron chi connectivity index (χ2n) is 4.31. The summed E-state index contributed by atoms with van der Waals surface area (Å²) in [4.78, 5) is 2.05. The van der Waals surface area contributed by atoms with E-state index in [-0.39, 0.29) is 11.9 Å². The van der Waals surface area contributed by atoms with Gasteiger partial charge in [0.1, 0.15) is 5.82 Å². The van der Waals surface area contributed by atoms with Crippen molar-refractivity contribution >= 4 is 5.69 Å². The molecule has 0 amide bonds. The van der Waals surface area contributed by atoms with Crippen LogP contribution >= 0.6 is 0 Å². The molecule has 1 aromatic carbocycles. The highest BCUT2D eigenvalue weighted by molar-refractivity contribution is 5.54. The lowest BCUT2D eigenvalue weighted by atomic mass is 10.0. The molecule has 17 heavy (non-hydrogen) atoms. The van der Waals surface area contributed by atoms with Crippen molar-refractivity contribution in [2.75, 3.05) is 18.5 Å². The van der Waals surface area contributed by atoms with E-state index in [2.05, 4.69) is 6.58 Å². The van der Waals surface area contributed by atoms with Gasteiger partial charge in [-0.05, 0) is 31.9 Å². The van der Waals surface area contributed by atoms with Crippen LogP contribution in [0.1, 0.15) is 31.4 Å². The third-order valence-corrected chi connectivity index (χ3v) is 2.80. The SMILES string of the molecule is C=CCCCN(C)c1cccc(F)c1C(C)N. The number of anilines is 1. The molecule has 1 aromatic rings. The van der Waals surface area contributed by atoms with Crippen LogP contribution in [-0.4, -0.2) is 13.6 Å². The number of halogens is 1. The minimum Gasteiger partial charge on any atom is -0.374 e. The monoisotopic (exact) mass is 236 g/mol. The highest BCUT2D eigenvalue weighted by Crippen LogP contribution is 2.27. The van der Waals surface area contributed by atoms with E-state index in [0.717, 1.165) is 25.1 Å². The van der Waals surface area contributed by atoms with Gasteiger partial charge in [0, 0.05) is 30.9 Å². The van der Waals surface area contributed by atoms with Crippen molar-refractivity contribution in [2.24, 2.45) is 5.73 Å². The Morgan fingerprint density at radius 1 is 1.53 bits per heavy atom. The maximum atomic E-state index is 13.7. The van der Waals surface area contributed by atoms with Gasteiger partial charge in [0.05, 0.1) is 0 Å². The van der Waals surface area contributed by atoms with Gasteiger partial charge in [-0.1, -0.05) is 12.1 Å². The predicted octanol–water partition coefficient (Wildman–Crippen LogP) is 3.25. The second kappa shape index (κ2) is 6.40. The van der Waals surface area contributed by atoms with Gasteiger partial charge in [0.15, 0.2) is 0 Å². The Bertz CT molecular complexity index is 374. The molecule has 0 aliphatic rings. The van der Waals surface area contributed by atoms with Crippen LogP contribution in [0.4, 0.5) is 10.1 Å². The minimum absolute atomic E-state index is 0.229. The molecule has 0 saturated heterocycles. The standard InChI is InChI=1S/C14H21FN2/c1-4-5-6-10-17(3)13-9-7-8-12(15)14(13)11(2)16/h4,7-9,11H,1,5-6,10,16H2,2-3H3. The molecule has 0 aliphatic heterocycles. The zero-order chi connectivity index (χ0) is 12.8. The number of hydrogen-bond donors (Lipinski definition) is 1. The third-order valence-electron chi connectivity index (χ3n) is 2.80. The molecule has 2 N–H and O–H groups in total. The molecule has 3 heteroatoms. The van der Waals surface area contributed by atoms with Crippen molar-refractivity contribution in [1.29, 1.82) is 0 Å². The van der Waals surface area contributed by atoms with Crippen LogP contribution in [0.15, 0.2) is 30.9 Å². The average molecular weight is 236 g/mol. The molecule has 0 radical (unpaired) electrons. The van der Waals surface area contributed by atoms with Crippen molar-refractivity contribution in [3.8, 4) is 0 Å². The number of nitrogens with zero attached hydrogens (tertiary/aromatic N) is 1.